The number of rotatable bonds is 5. The molecular formula is C15H14ClF3N2OS. The van der Waals surface area contributed by atoms with Crippen LogP contribution in [-0.2, 0) is 17.5 Å². The van der Waals surface area contributed by atoms with E-state index in [0.717, 1.165) is 17.0 Å². The van der Waals surface area contributed by atoms with E-state index in [1.54, 1.807) is 18.0 Å². The van der Waals surface area contributed by atoms with Crippen LogP contribution in [0.2, 0.25) is 4.34 Å². The van der Waals surface area contributed by atoms with E-state index in [1.807, 2.05) is 6.07 Å². The Balaban J connectivity index is 1.91. The maximum absolute atomic E-state index is 12.6. The number of likely N-dealkylation sites (N-methyl/N-ethyl adjacent to an activating group) is 1. The van der Waals surface area contributed by atoms with Gasteiger partial charge in [0.25, 0.3) is 0 Å². The van der Waals surface area contributed by atoms with Gasteiger partial charge < -0.3 is 5.32 Å². The summed E-state index contributed by atoms with van der Waals surface area (Å²) < 4.78 is 38.6. The van der Waals surface area contributed by atoms with E-state index in [0.29, 0.717) is 10.9 Å². The fourth-order valence-corrected chi connectivity index (χ4v) is 3.15. The van der Waals surface area contributed by atoms with E-state index in [1.165, 1.54) is 23.5 Å². The summed E-state index contributed by atoms with van der Waals surface area (Å²) in [6.45, 7) is 0.596. The Labute approximate surface area is 140 Å². The zero-order valence-corrected chi connectivity index (χ0v) is 13.7. The number of nitrogens with one attached hydrogen (secondary N) is 1. The molecule has 0 aliphatic carbocycles. The highest BCUT2D eigenvalue weighted by molar-refractivity contribution is 7.16. The van der Waals surface area contributed by atoms with Gasteiger partial charge in [-0.05, 0) is 37.4 Å². The lowest BCUT2D eigenvalue weighted by Crippen LogP contribution is -2.29. The largest absolute Gasteiger partial charge is 0.416 e. The van der Waals surface area contributed by atoms with Gasteiger partial charge in [-0.3, -0.25) is 9.69 Å². The van der Waals surface area contributed by atoms with E-state index < -0.39 is 11.7 Å². The van der Waals surface area contributed by atoms with Crippen LogP contribution in [0, 0.1) is 0 Å². The van der Waals surface area contributed by atoms with Gasteiger partial charge in [-0.1, -0.05) is 17.7 Å². The second-order valence-electron chi connectivity index (χ2n) is 5.00. The van der Waals surface area contributed by atoms with Gasteiger partial charge in [0.1, 0.15) is 0 Å². The van der Waals surface area contributed by atoms with Crippen molar-refractivity contribution in [3.8, 4) is 0 Å². The molecule has 2 rings (SSSR count). The van der Waals surface area contributed by atoms with Crippen molar-refractivity contribution in [1.82, 2.24) is 4.90 Å². The van der Waals surface area contributed by atoms with Crippen LogP contribution in [0.5, 0.6) is 0 Å². The molecule has 8 heteroatoms. The van der Waals surface area contributed by atoms with Crippen molar-refractivity contribution in [3.63, 3.8) is 0 Å². The minimum atomic E-state index is -4.43. The Morgan fingerprint density at radius 2 is 2.04 bits per heavy atom. The smallest absolute Gasteiger partial charge is 0.325 e. The standard InChI is InChI=1S/C15H14ClF3N2OS/c1-21(8-12-5-6-13(16)23-12)9-14(22)20-11-4-2-3-10(7-11)15(17,18)19/h2-7H,8-9H2,1H3,(H,20,22). The molecule has 0 aliphatic heterocycles. The molecule has 1 aromatic carbocycles. The average molecular weight is 363 g/mol. The summed E-state index contributed by atoms with van der Waals surface area (Å²) in [5.41, 5.74) is -0.672. The van der Waals surface area contributed by atoms with E-state index >= 15 is 0 Å². The monoisotopic (exact) mass is 362 g/mol. The van der Waals surface area contributed by atoms with E-state index in [4.69, 9.17) is 11.6 Å². The van der Waals surface area contributed by atoms with Gasteiger partial charge in [-0.2, -0.15) is 13.2 Å². The first-order valence-electron chi connectivity index (χ1n) is 6.64. The second kappa shape index (κ2) is 7.33. The predicted octanol–water partition coefficient (Wildman–Crippen LogP) is 4.49. The number of benzene rings is 1. The molecule has 0 aliphatic rings. The first kappa shape index (κ1) is 17.8. The minimum absolute atomic E-state index is 0.0613. The maximum atomic E-state index is 12.6. The van der Waals surface area contributed by atoms with E-state index in [9.17, 15) is 18.0 Å². The molecule has 1 heterocycles. The summed E-state index contributed by atoms with van der Waals surface area (Å²) in [6, 6.07) is 8.20. The Morgan fingerprint density at radius 3 is 2.65 bits per heavy atom. The highest BCUT2D eigenvalue weighted by atomic mass is 35.5. The zero-order chi connectivity index (χ0) is 17.0. The van der Waals surface area contributed by atoms with Crippen LogP contribution in [-0.4, -0.2) is 24.4 Å². The fourth-order valence-electron chi connectivity index (χ4n) is 1.98. The Bertz CT molecular complexity index is 687. The number of hydrogen-bond acceptors (Lipinski definition) is 3. The van der Waals surface area contributed by atoms with Crippen molar-refractivity contribution in [2.75, 3.05) is 18.9 Å². The average Bonchev–Trinajstić information content (AvgIpc) is 2.83. The van der Waals surface area contributed by atoms with Gasteiger partial charge in [0, 0.05) is 17.1 Å². The number of amides is 1. The molecule has 0 fully saturated rings. The molecule has 0 spiro atoms. The van der Waals surface area contributed by atoms with Crippen LogP contribution in [0.25, 0.3) is 0 Å². The van der Waals surface area contributed by atoms with Crippen molar-refractivity contribution in [2.45, 2.75) is 12.7 Å². The second-order valence-corrected chi connectivity index (χ2v) is 6.80. The molecule has 0 unspecified atom stereocenters. The summed E-state index contributed by atoms with van der Waals surface area (Å²) in [4.78, 5) is 14.7. The first-order valence-corrected chi connectivity index (χ1v) is 7.83. The molecule has 1 amide bonds. The van der Waals surface area contributed by atoms with Crippen LogP contribution >= 0.6 is 22.9 Å². The molecule has 0 saturated heterocycles. The van der Waals surface area contributed by atoms with Crippen molar-refractivity contribution in [1.29, 1.82) is 0 Å². The Kier molecular flexibility index (Phi) is 5.67. The SMILES string of the molecule is CN(CC(=O)Nc1cccc(C(F)(F)F)c1)Cc1ccc(Cl)s1. The van der Waals surface area contributed by atoms with E-state index in [2.05, 4.69) is 5.32 Å². The summed E-state index contributed by atoms with van der Waals surface area (Å²) in [7, 11) is 1.75. The third-order valence-corrected chi connectivity index (χ3v) is 4.16. The molecular weight excluding hydrogens is 349 g/mol. The third kappa shape index (κ3) is 5.53. The molecule has 1 aromatic heterocycles. The third-order valence-electron chi connectivity index (χ3n) is 2.94. The zero-order valence-electron chi connectivity index (χ0n) is 12.2. The molecule has 1 N–H and O–H groups in total. The molecule has 0 radical (unpaired) electrons. The van der Waals surface area contributed by atoms with Gasteiger partial charge in [0.2, 0.25) is 5.91 Å². The predicted molar refractivity (Wildman–Crippen MR) is 85.7 cm³/mol. The van der Waals surface area contributed by atoms with Gasteiger partial charge in [0.15, 0.2) is 0 Å². The lowest BCUT2D eigenvalue weighted by molar-refractivity contribution is -0.137. The van der Waals surface area contributed by atoms with E-state index in [-0.39, 0.29) is 18.1 Å². The topological polar surface area (TPSA) is 32.3 Å². The van der Waals surface area contributed by atoms with Crippen LogP contribution in [0.1, 0.15) is 10.4 Å². The van der Waals surface area contributed by atoms with Crippen molar-refractivity contribution >= 4 is 34.5 Å². The summed E-state index contributed by atoms with van der Waals surface area (Å²) in [5.74, 6) is -0.380. The fraction of sp³-hybridized carbons (Fsp3) is 0.267. The molecule has 2 aromatic rings. The molecule has 0 atom stereocenters. The number of nitrogens with zero attached hydrogens (tertiary/aromatic N) is 1. The van der Waals surface area contributed by atoms with Gasteiger partial charge in [-0.25, -0.2) is 0 Å². The lowest BCUT2D eigenvalue weighted by atomic mass is 10.2. The number of carbonyl (C=O) groups is 1. The number of alkyl halides is 3. The molecule has 23 heavy (non-hydrogen) atoms. The van der Waals surface area contributed by atoms with Crippen molar-refractivity contribution in [3.05, 3.63) is 51.2 Å². The van der Waals surface area contributed by atoms with Crippen molar-refractivity contribution < 1.29 is 18.0 Å². The first-order chi connectivity index (χ1) is 10.7. The Morgan fingerprint density at radius 1 is 1.30 bits per heavy atom. The Hall–Kier alpha value is -1.57. The van der Waals surface area contributed by atoms with Crippen molar-refractivity contribution in [2.24, 2.45) is 0 Å². The molecule has 0 bridgehead atoms. The van der Waals surface area contributed by atoms with Crippen LogP contribution in [0.15, 0.2) is 36.4 Å². The molecule has 3 nitrogen and oxygen atoms in total. The highest BCUT2D eigenvalue weighted by Gasteiger charge is 2.30. The maximum Gasteiger partial charge on any atom is 0.416 e. The van der Waals surface area contributed by atoms with Gasteiger partial charge >= 0.3 is 6.18 Å². The quantitative estimate of drug-likeness (QED) is 0.849. The summed E-state index contributed by atoms with van der Waals surface area (Å²) in [6.07, 6.45) is -4.43. The normalized spacial score (nSPS) is 11.7. The number of thiophene rings is 1. The molecule has 0 saturated carbocycles. The highest BCUT2D eigenvalue weighted by Crippen LogP contribution is 2.30. The summed E-state index contributed by atoms with van der Waals surface area (Å²) in [5, 5.41) is 2.47. The van der Waals surface area contributed by atoms with Gasteiger partial charge in [-0.15, -0.1) is 11.3 Å². The number of anilines is 1. The summed E-state index contributed by atoms with van der Waals surface area (Å²) >= 11 is 7.26. The number of halogens is 4. The van der Waals surface area contributed by atoms with Crippen LogP contribution in [0.3, 0.4) is 0 Å². The molecule has 124 valence electrons. The van der Waals surface area contributed by atoms with Crippen LogP contribution < -0.4 is 5.32 Å². The number of carbonyl (C=O) groups excluding carboxylic acids is 1. The minimum Gasteiger partial charge on any atom is -0.325 e. The number of hydrogen-bond donors (Lipinski definition) is 1. The lowest BCUT2D eigenvalue weighted by Gasteiger charge is -2.15. The van der Waals surface area contributed by atoms with Gasteiger partial charge in [0.05, 0.1) is 16.4 Å². The van der Waals surface area contributed by atoms with Crippen LogP contribution in [0.4, 0.5) is 18.9 Å².